The van der Waals surface area contributed by atoms with E-state index in [0.29, 0.717) is 25.5 Å². The summed E-state index contributed by atoms with van der Waals surface area (Å²) in [7, 11) is 0. The first-order valence-corrected chi connectivity index (χ1v) is 13.1. The van der Waals surface area contributed by atoms with Crippen molar-refractivity contribution < 1.29 is 9.53 Å². The molecule has 1 aliphatic heterocycles. The summed E-state index contributed by atoms with van der Waals surface area (Å²) in [5, 5.41) is 0. The Bertz CT molecular complexity index is 1360. The van der Waals surface area contributed by atoms with Crippen LogP contribution in [0.5, 0.6) is 5.75 Å². The molecule has 0 aliphatic carbocycles. The molecular weight excluding hydrogens is 446 g/mol. The van der Waals surface area contributed by atoms with Gasteiger partial charge in [-0.05, 0) is 54.2 Å². The Morgan fingerprint density at radius 3 is 2.58 bits per heavy atom. The molecule has 5 heteroatoms. The van der Waals surface area contributed by atoms with Crippen LogP contribution in [-0.2, 0) is 17.8 Å². The second-order valence-corrected chi connectivity index (χ2v) is 9.89. The molecule has 36 heavy (non-hydrogen) atoms. The molecule has 0 spiro atoms. The van der Waals surface area contributed by atoms with Gasteiger partial charge in [-0.3, -0.25) is 4.79 Å². The normalized spacial score (nSPS) is 15.8. The SMILES string of the molecule is CCc1ccccc1N1CC(c2nc3ccccc3n2CCCOc2ccccc2C(C)C)CC1=O. The molecule has 1 aliphatic rings. The van der Waals surface area contributed by atoms with Gasteiger partial charge in [0.1, 0.15) is 11.6 Å². The Morgan fingerprint density at radius 2 is 1.75 bits per heavy atom. The number of rotatable bonds is 9. The average Bonchev–Trinajstić information content (AvgIpc) is 3.47. The largest absolute Gasteiger partial charge is 0.493 e. The number of anilines is 1. The van der Waals surface area contributed by atoms with Crippen molar-refractivity contribution in [2.45, 2.75) is 58.4 Å². The van der Waals surface area contributed by atoms with Crippen LogP contribution in [0, 0.1) is 0 Å². The second-order valence-electron chi connectivity index (χ2n) is 9.89. The van der Waals surface area contributed by atoms with Crippen molar-refractivity contribution in [2.24, 2.45) is 0 Å². The lowest BCUT2D eigenvalue weighted by molar-refractivity contribution is -0.117. The first-order chi connectivity index (χ1) is 17.6. The van der Waals surface area contributed by atoms with E-state index in [9.17, 15) is 4.79 Å². The maximum Gasteiger partial charge on any atom is 0.227 e. The standard InChI is InChI=1S/C31H35N3O2/c1-4-23-12-5-8-15-27(23)34-21-24(20-30(34)35)31-32-26-14-7-9-16-28(26)33(31)18-11-19-36-29-17-10-6-13-25(29)22(2)3/h5-10,12-17,22,24H,4,11,18-21H2,1-3H3. The van der Waals surface area contributed by atoms with Crippen LogP contribution in [0.2, 0.25) is 0 Å². The number of aryl methyl sites for hydroxylation is 2. The van der Waals surface area contributed by atoms with Crippen molar-refractivity contribution in [3.05, 3.63) is 89.7 Å². The number of carbonyl (C=O) groups is 1. The van der Waals surface area contributed by atoms with Gasteiger partial charge in [-0.25, -0.2) is 4.98 Å². The highest BCUT2D eigenvalue weighted by molar-refractivity contribution is 5.97. The fourth-order valence-electron chi connectivity index (χ4n) is 5.32. The molecule has 4 aromatic rings. The molecule has 0 saturated carbocycles. The number of carbonyl (C=O) groups excluding carboxylic acids is 1. The molecule has 0 radical (unpaired) electrons. The van der Waals surface area contributed by atoms with Gasteiger partial charge in [0.2, 0.25) is 5.91 Å². The monoisotopic (exact) mass is 481 g/mol. The Labute approximate surface area is 213 Å². The number of aromatic nitrogens is 2. The predicted octanol–water partition coefficient (Wildman–Crippen LogP) is 6.71. The Kier molecular flexibility index (Phi) is 7.08. The molecule has 1 amide bonds. The first kappa shape index (κ1) is 24.1. The van der Waals surface area contributed by atoms with Gasteiger partial charge in [0.25, 0.3) is 0 Å². The molecule has 1 saturated heterocycles. The Hall–Kier alpha value is -3.60. The van der Waals surface area contributed by atoms with Crippen LogP contribution in [0.1, 0.15) is 62.4 Å². The van der Waals surface area contributed by atoms with Crippen molar-refractivity contribution in [1.82, 2.24) is 9.55 Å². The van der Waals surface area contributed by atoms with Crippen LogP contribution >= 0.6 is 0 Å². The van der Waals surface area contributed by atoms with Crippen molar-refractivity contribution in [1.29, 1.82) is 0 Å². The first-order valence-electron chi connectivity index (χ1n) is 13.1. The zero-order chi connectivity index (χ0) is 25.1. The second kappa shape index (κ2) is 10.6. The van der Waals surface area contributed by atoms with E-state index < -0.39 is 0 Å². The number of imidazole rings is 1. The van der Waals surface area contributed by atoms with E-state index in [0.717, 1.165) is 47.7 Å². The van der Waals surface area contributed by atoms with E-state index in [2.05, 4.69) is 73.9 Å². The minimum Gasteiger partial charge on any atom is -0.493 e. The molecule has 5 nitrogen and oxygen atoms in total. The lowest BCUT2D eigenvalue weighted by Crippen LogP contribution is -2.25. The molecule has 1 fully saturated rings. The van der Waals surface area contributed by atoms with Crippen molar-refractivity contribution in [3.63, 3.8) is 0 Å². The van der Waals surface area contributed by atoms with E-state index in [4.69, 9.17) is 9.72 Å². The van der Waals surface area contributed by atoms with Gasteiger partial charge in [-0.2, -0.15) is 0 Å². The van der Waals surface area contributed by atoms with Crippen molar-refractivity contribution in [2.75, 3.05) is 18.1 Å². The highest BCUT2D eigenvalue weighted by Crippen LogP contribution is 2.35. The highest BCUT2D eigenvalue weighted by atomic mass is 16.5. The number of benzene rings is 3. The van der Waals surface area contributed by atoms with Gasteiger partial charge in [-0.15, -0.1) is 0 Å². The van der Waals surface area contributed by atoms with Crippen LogP contribution in [0.25, 0.3) is 11.0 Å². The quantitative estimate of drug-likeness (QED) is 0.250. The summed E-state index contributed by atoms with van der Waals surface area (Å²) in [6.45, 7) is 8.62. The van der Waals surface area contributed by atoms with Crippen LogP contribution < -0.4 is 9.64 Å². The Balaban J connectivity index is 1.35. The van der Waals surface area contributed by atoms with Gasteiger partial charge in [0.05, 0.1) is 17.6 Å². The summed E-state index contributed by atoms with van der Waals surface area (Å²) in [6.07, 6.45) is 2.26. The van der Waals surface area contributed by atoms with Crippen molar-refractivity contribution in [3.8, 4) is 5.75 Å². The lowest BCUT2D eigenvalue weighted by atomic mass is 10.0. The topological polar surface area (TPSA) is 47.4 Å². The van der Waals surface area contributed by atoms with E-state index in [-0.39, 0.29) is 11.8 Å². The lowest BCUT2D eigenvalue weighted by Gasteiger charge is -2.20. The summed E-state index contributed by atoms with van der Waals surface area (Å²) in [5.74, 6) is 2.63. The molecule has 2 heterocycles. The maximum absolute atomic E-state index is 13.1. The van der Waals surface area contributed by atoms with Gasteiger partial charge >= 0.3 is 0 Å². The number of amides is 1. The van der Waals surface area contributed by atoms with Gasteiger partial charge in [-0.1, -0.05) is 69.3 Å². The third-order valence-electron chi connectivity index (χ3n) is 7.16. The smallest absolute Gasteiger partial charge is 0.227 e. The molecular formula is C31H35N3O2. The molecule has 3 aromatic carbocycles. The maximum atomic E-state index is 13.1. The summed E-state index contributed by atoms with van der Waals surface area (Å²) >= 11 is 0. The zero-order valence-corrected chi connectivity index (χ0v) is 21.5. The average molecular weight is 482 g/mol. The van der Waals surface area contributed by atoms with Crippen LogP contribution in [0.15, 0.2) is 72.8 Å². The molecule has 186 valence electrons. The number of hydrogen-bond donors (Lipinski definition) is 0. The van der Waals surface area contributed by atoms with Gasteiger partial charge < -0.3 is 14.2 Å². The minimum absolute atomic E-state index is 0.0670. The minimum atomic E-state index is 0.0670. The molecule has 0 N–H and O–H groups in total. The van der Waals surface area contributed by atoms with E-state index in [1.807, 2.05) is 29.2 Å². The zero-order valence-electron chi connectivity index (χ0n) is 21.5. The fraction of sp³-hybridized carbons (Fsp3) is 0.355. The molecule has 5 rings (SSSR count). The van der Waals surface area contributed by atoms with Crippen LogP contribution in [0.4, 0.5) is 5.69 Å². The Morgan fingerprint density at radius 1 is 1.00 bits per heavy atom. The van der Waals surface area contributed by atoms with E-state index in [1.54, 1.807) is 0 Å². The number of para-hydroxylation sites is 4. The molecule has 0 bridgehead atoms. The van der Waals surface area contributed by atoms with E-state index >= 15 is 0 Å². The number of fused-ring (bicyclic) bond motifs is 1. The summed E-state index contributed by atoms with van der Waals surface area (Å²) in [4.78, 5) is 20.1. The third-order valence-corrected chi connectivity index (χ3v) is 7.16. The number of nitrogens with zero attached hydrogens (tertiary/aromatic N) is 3. The third kappa shape index (κ3) is 4.75. The number of hydrogen-bond acceptors (Lipinski definition) is 3. The van der Waals surface area contributed by atoms with Gasteiger partial charge in [0.15, 0.2) is 0 Å². The number of ether oxygens (including phenoxy) is 1. The van der Waals surface area contributed by atoms with E-state index in [1.165, 1.54) is 11.1 Å². The van der Waals surface area contributed by atoms with Gasteiger partial charge in [0, 0.05) is 31.1 Å². The molecule has 1 unspecified atom stereocenters. The molecule has 1 aromatic heterocycles. The highest BCUT2D eigenvalue weighted by Gasteiger charge is 2.35. The molecule has 1 atom stereocenters. The van der Waals surface area contributed by atoms with Crippen LogP contribution in [0.3, 0.4) is 0 Å². The summed E-state index contributed by atoms with van der Waals surface area (Å²) < 4.78 is 8.50. The van der Waals surface area contributed by atoms with Crippen molar-refractivity contribution >= 4 is 22.6 Å². The summed E-state index contributed by atoms with van der Waals surface area (Å²) in [5.41, 5.74) is 5.59. The predicted molar refractivity (Wildman–Crippen MR) is 146 cm³/mol. The summed E-state index contributed by atoms with van der Waals surface area (Å²) in [6, 6.07) is 24.8. The van der Waals surface area contributed by atoms with Crippen LogP contribution in [-0.4, -0.2) is 28.6 Å². The fourth-order valence-corrected chi connectivity index (χ4v) is 5.32.